The van der Waals surface area contributed by atoms with Crippen LogP contribution in [0.15, 0.2) is 0 Å². The predicted octanol–water partition coefficient (Wildman–Crippen LogP) is 2.02. The Morgan fingerprint density at radius 2 is 2.11 bits per heavy atom. The van der Waals surface area contributed by atoms with E-state index in [0.717, 1.165) is 25.8 Å². The molecule has 5 heteroatoms. The molecular weight excluding hydrogens is 232 g/mol. The lowest BCUT2D eigenvalue weighted by Crippen LogP contribution is -2.48. The zero-order valence-corrected chi connectivity index (χ0v) is 11.6. The number of carboxylic acids is 1. The number of aliphatic carboxylic acids is 1. The van der Waals surface area contributed by atoms with E-state index in [1.807, 2.05) is 18.7 Å². The molecule has 1 rings (SSSR count). The molecule has 1 fully saturated rings. The molecular formula is C13H24N2O3. The number of hydrogen-bond acceptors (Lipinski definition) is 2. The number of rotatable bonds is 5. The lowest BCUT2D eigenvalue weighted by molar-refractivity contribution is -0.137. The van der Waals surface area contributed by atoms with E-state index in [1.165, 1.54) is 4.90 Å². The van der Waals surface area contributed by atoms with Crippen molar-refractivity contribution in [3.63, 3.8) is 0 Å². The van der Waals surface area contributed by atoms with Gasteiger partial charge in [-0.3, -0.25) is 4.79 Å². The Morgan fingerprint density at radius 3 is 2.61 bits per heavy atom. The van der Waals surface area contributed by atoms with Crippen LogP contribution in [0.4, 0.5) is 4.79 Å². The van der Waals surface area contributed by atoms with Crippen LogP contribution in [-0.2, 0) is 4.79 Å². The van der Waals surface area contributed by atoms with Crippen LogP contribution in [0.5, 0.6) is 0 Å². The Hall–Kier alpha value is -1.26. The molecule has 1 N–H and O–H groups in total. The van der Waals surface area contributed by atoms with Crippen LogP contribution < -0.4 is 0 Å². The Morgan fingerprint density at radius 1 is 1.44 bits per heavy atom. The van der Waals surface area contributed by atoms with E-state index < -0.39 is 5.97 Å². The van der Waals surface area contributed by atoms with E-state index in [9.17, 15) is 9.59 Å². The lowest BCUT2D eigenvalue weighted by atomic mass is 10.2. The number of nitrogens with zero attached hydrogens (tertiary/aromatic N) is 2. The molecule has 0 aromatic heterocycles. The molecule has 1 atom stereocenters. The van der Waals surface area contributed by atoms with E-state index in [4.69, 9.17) is 5.11 Å². The van der Waals surface area contributed by atoms with Crippen molar-refractivity contribution in [2.24, 2.45) is 5.92 Å². The van der Waals surface area contributed by atoms with Crippen molar-refractivity contribution in [1.29, 1.82) is 0 Å². The van der Waals surface area contributed by atoms with E-state index in [-0.39, 0.29) is 24.5 Å². The Balaban J connectivity index is 2.71. The second-order valence-electron chi connectivity index (χ2n) is 5.35. The van der Waals surface area contributed by atoms with Gasteiger partial charge in [0.2, 0.25) is 0 Å². The minimum Gasteiger partial charge on any atom is -0.480 e. The van der Waals surface area contributed by atoms with E-state index in [1.54, 1.807) is 0 Å². The normalized spacial score (nSPS) is 19.3. The SMILES string of the molecule is CCC1CCCN1C(=O)N(CC(=O)O)CC(C)C. The van der Waals surface area contributed by atoms with Gasteiger partial charge in [-0.2, -0.15) is 0 Å². The van der Waals surface area contributed by atoms with Crippen molar-refractivity contribution in [3.05, 3.63) is 0 Å². The summed E-state index contributed by atoms with van der Waals surface area (Å²) < 4.78 is 0. The van der Waals surface area contributed by atoms with Crippen LogP contribution in [0, 0.1) is 5.92 Å². The summed E-state index contributed by atoms with van der Waals surface area (Å²) in [4.78, 5) is 26.5. The molecule has 0 aromatic rings. The summed E-state index contributed by atoms with van der Waals surface area (Å²) in [5.74, 6) is -0.674. The van der Waals surface area contributed by atoms with Gasteiger partial charge in [0.15, 0.2) is 0 Å². The van der Waals surface area contributed by atoms with Crippen LogP contribution in [0.1, 0.15) is 40.0 Å². The van der Waals surface area contributed by atoms with E-state index >= 15 is 0 Å². The fourth-order valence-corrected chi connectivity index (χ4v) is 2.51. The zero-order chi connectivity index (χ0) is 13.7. The number of amides is 2. The first kappa shape index (κ1) is 14.8. The van der Waals surface area contributed by atoms with Gasteiger partial charge >= 0.3 is 12.0 Å². The molecule has 1 saturated heterocycles. The Labute approximate surface area is 109 Å². The van der Waals surface area contributed by atoms with Crippen molar-refractivity contribution in [1.82, 2.24) is 9.80 Å². The third-order valence-electron chi connectivity index (χ3n) is 3.28. The summed E-state index contributed by atoms with van der Waals surface area (Å²) in [5.41, 5.74) is 0. The average molecular weight is 256 g/mol. The number of carbonyl (C=O) groups excluding carboxylic acids is 1. The number of urea groups is 1. The first-order chi connectivity index (χ1) is 8.45. The summed E-state index contributed by atoms with van der Waals surface area (Å²) in [7, 11) is 0. The summed E-state index contributed by atoms with van der Waals surface area (Å²) >= 11 is 0. The van der Waals surface area contributed by atoms with Gasteiger partial charge < -0.3 is 14.9 Å². The molecule has 0 bridgehead atoms. The Bertz CT molecular complexity index is 305. The van der Waals surface area contributed by atoms with Gasteiger partial charge in [-0.1, -0.05) is 20.8 Å². The van der Waals surface area contributed by atoms with Crippen LogP contribution >= 0.6 is 0 Å². The van der Waals surface area contributed by atoms with Crippen molar-refractivity contribution < 1.29 is 14.7 Å². The third-order valence-corrected chi connectivity index (χ3v) is 3.28. The van der Waals surface area contributed by atoms with Crippen LogP contribution in [0.25, 0.3) is 0 Å². The summed E-state index contributed by atoms with van der Waals surface area (Å²) in [6.45, 7) is 7.10. The zero-order valence-electron chi connectivity index (χ0n) is 11.6. The maximum Gasteiger partial charge on any atom is 0.323 e. The van der Waals surface area contributed by atoms with Gasteiger partial charge in [-0.25, -0.2) is 4.79 Å². The largest absolute Gasteiger partial charge is 0.480 e. The average Bonchev–Trinajstić information content (AvgIpc) is 2.73. The van der Waals surface area contributed by atoms with Gasteiger partial charge in [-0.05, 0) is 25.2 Å². The van der Waals surface area contributed by atoms with Crippen molar-refractivity contribution in [3.8, 4) is 0 Å². The predicted molar refractivity (Wildman–Crippen MR) is 69.5 cm³/mol. The van der Waals surface area contributed by atoms with Crippen LogP contribution in [-0.4, -0.2) is 52.6 Å². The maximum absolute atomic E-state index is 12.4. The highest BCUT2D eigenvalue weighted by molar-refractivity contribution is 5.80. The fourth-order valence-electron chi connectivity index (χ4n) is 2.51. The first-order valence-electron chi connectivity index (χ1n) is 6.73. The van der Waals surface area contributed by atoms with Gasteiger partial charge in [0.05, 0.1) is 0 Å². The Kier molecular flexibility index (Phi) is 5.44. The highest BCUT2D eigenvalue weighted by atomic mass is 16.4. The standard InChI is InChI=1S/C13H24N2O3/c1-4-11-6-5-7-15(11)13(18)14(8-10(2)3)9-12(16)17/h10-11H,4-9H2,1-3H3,(H,16,17). The van der Waals surface area contributed by atoms with Crippen LogP contribution in [0.2, 0.25) is 0 Å². The number of hydrogen-bond donors (Lipinski definition) is 1. The maximum atomic E-state index is 12.4. The molecule has 104 valence electrons. The molecule has 0 spiro atoms. The van der Waals surface area contributed by atoms with E-state index in [0.29, 0.717) is 6.54 Å². The highest BCUT2D eigenvalue weighted by Gasteiger charge is 2.31. The quantitative estimate of drug-likeness (QED) is 0.818. The number of carbonyl (C=O) groups is 2. The molecule has 1 aliphatic heterocycles. The van der Waals surface area contributed by atoms with Crippen molar-refractivity contribution >= 4 is 12.0 Å². The summed E-state index contributed by atoms with van der Waals surface area (Å²) in [6.07, 6.45) is 2.99. The molecule has 1 aliphatic rings. The second kappa shape index (κ2) is 6.61. The molecule has 5 nitrogen and oxygen atoms in total. The first-order valence-corrected chi connectivity index (χ1v) is 6.73. The van der Waals surface area contributed by atoms with E-state index in [2.05, 4.69) is 6.92 Å². The molecule has 1 heterocycles. The van der Waals surface area contributed by atoms with Gasteiger partial charge in [0.1, 0.15) is 6.54 Å². The van der Waals surface area contributed by atoms with Crippen molar-refractivity contribution in [2.45, 2.75) is 46.1 Å². The number of likely N-dealkylation sites (tertiary alicyclic amines) is 1. The molecule has 2 amide bonds. The molecule has 1 unspecified atom stereocenters. The van der Waals surface area contributed by atoms with Gasteiger partial charge in [0.25, 0.3) is 0 Å². The number of carboxylic acid groups (broad SMARTS) is 1. The highest BCUT2D eigenvalue weighted by Crippen LogP contribution is 2.21. The molecule has 18 heavy (non-hydrogen) atoms. The third kappa shape index (κ3) is 3.89. The van der Waals surface area contributed by atoms with Crippen molar-refractivity contribution in [2.75, 3.05) is 19.6 Å². The lowest BCUT2D eigenvalue weighted by Gasteiger charge is -2.31. The second-order valence-corrected chi connectivity index (χ2v) is 5.35. The van der Waals surface area contributed by atoms with Gasteiger partial charge in [0, 0.05) is 19.1 Å². The molecule has 0 aliphatic carbocycles. The minimum atomic E-state index is -0.948. The monoisotopic (exact) mass is 256 g/mol. The smallest absolute Gasteiger partial charge is 0.323 e. The summed E-state index contributed by atoms with van der Waals surface area (Å²) in [6, 6.07) is 0.163. The van der Waals surface area contributed by atoms with Crippen LogP contribution in [0.3, 0.4) is 0 Å². The topological polar surface area (TPSA) is 60.9 Å². The van der Waals surface area contributed by atoms with Gasteiger partial charge in [-0.15, -0.1) is 0 Å². The minimum absolute atomic E-state index is 0.115. The molecule has 0 saturated carbocycles. The molecule has 0 radical (unpaired) electrons. The summed E-state index contributed by atoms with van der Waals surface area (Å²) in [5, 5.41) is 8.90. The fraction of sp³-hybridized carbons (Fsp3) is 0.846. The molecule has 0 aromatic carbocycles.